The summed E-state index contributed by atoms with van der Waals surface area (Å²) in [5, 5.41) is 0.679. The second kappa shape index (κ2) is 9.83. The quantitative estimate of drug-likeness (QED) is 0.343. The molecule has 0 unspecified atom stereocenters. The number of carbonyl (C=O) groups excluding carboxylic acids is 2. The van der Waals surface area contributed by atoms with Crippen LogP contribution < -0.4 is 0 Å². The summed E-state index contributed by atoms with van der Waals surface area (Å²) < 4.78 is 5.07. The van der Waals surface area contributed by atoms with Crippen LogP contribution in [0.2, 0.25) is 5.02 Å². The fraction of sp³-hybridized carbons (Fsp3) is 0.600. The van der Waals surface area contributed by atoms with Gasteiger partial charge < -0.3 is 4.74 Å². The van der Waals surface area contributed by atoms with Crippen LogP contribution in [0.1, 0.15) is 86.6 Å². The molecular formula is C20H27ClO3. The maximum absolute atomic E-state index is 12.3. The number of ketones is 1. The van der Waals surface area contributed by atoms with E-state index in [-0.39, 0.29) is 24.6 Å². The Morgan fingerprint density at radius 1 is 1.17 bits per heavy atom. The Balaban J connectivity index is 1.88. The molecule has 0 radical (unpaired) electrons. The third kappa shape index (κ3) is 5.62. The summed E-state index contributed by atoms with van der Waals surface area (Å²) in [6.07, 6.45) is 8.31. The van der Waals surface area contributed by atoms with E-state index in [0.29, 0.717) is 23.1 Å². The third-order valence-corrected chi connectivity index (χ3v) is 5.01. The lowest BCUT2D eigenvalue weighted by Crippen LogP contribution is -2.10. The van der Waals surface area contributed by atoms with Crippen LogP contribution in [-0.4, -0.2) is 18.4 Å². The molecule has 2 rings (SSSR count). The van der Waals surface area contributed by atoms with Crippen molar-refractivity contribution in [1.82, 2.24) is 0 Å². The second-order valence-electron chi connectivity index (χ2n) is 6.57. The minimum atomic E-state index is -0.304. The van der Waals surface area contributed by atoms with Crippen molar-refractivity contribution in [2.75, 3.05) is 6.61 Å². The van der Waals surface area contributed by atoms with E-state index in [1.54, 1.807) is 6.07 Å². The van der Waals surface area contributed by atoms with Crippen LogP contribution >= 0.6 is 11.6 Å². The second-order valence-corrected chi connectivity index (χ2v) is 6.98. The van der Waals surface area contributed by atoms with E-state index in [1.165, 1.54) is 32.1 Å². The molecule has 1 aliphatic rings. The zero-order valence-electron chi connectivity index (χ0n) is 14.5. The van der Waals surface area contributed by atoms with Gasteiger partial charge in [-0.15, -0.1) is 0 Å². The number of Topliss-reactive ketones (excluding diaryl/α,β-unsaturated/α-hetero) is 1. The highest BCUT2D eigenvalue weighted by Crippen LogP contribution is 2.36. The van der Waals surface area contributed by atoms with Gasteiger partial charge in [-0.25, -0.2) is 0 Å². The molecule has 0 aromatic heterocycles. The normalized spacial score (nSPS) is 15.2. The fourth-order valence-corrected chi connectivity index (χ4v) is 3.54. The van der Waals surface area contributed by atoms with Gasteiger partial charge in [0.15, 0.2) is 5.78 Å². The van der Waals surface area contributed by atoms with Crippen molar-refractivity contribution in [3.8, 4) is 0 Å². The van der Waals surface area contributed by atoms with Crippen LogP contribution in [0.25, 0.3) is 0 Å². The number of halogens is 1. The molecule has 0 spiro atoms. The zero-order chi connectivity index (χ0) is 17.4. The monoisotopic (exact) mass is 350 g/mol. The largest absolute Gasteiger partial charge is 0.466 e. The average molecular weight is 351 g/mol. The van der Waals surface area contributed by atoms with Crippen LogP contribution in [0.5, 0.6) is 0 Å². The summed E-state index contributed by atoms with van der Waals surface area (Å²) in [5.41, 5.74) is 1.74. The standard InChI is InChI=1S/C20H27ClO3/c1-2-3-13-24-20(23)12-11-19(22)16-9-10-17(18(21)14-16)15-7-5-4-6-8-15/h9-10,14-15H,2-8,11-13H2,1H3. The maximum atomic E-state index is 12.3. The van der Waals surface area contributed by atoms with Crippen molar-refractivity contribution in [2.45, 2.75) is 70.6 Å². The summed E-state index contributed by atoms with van der Waals surface area (Å²) in [6.45, 7) is 2.48. The number of esters is 1. The molecule has 132 valence electrons. The Morgan fingerprint density at radius 3 is 2.58 bits per heavy atom. The molecule has 4 heteroatoms. The van der Waals surface area contributed by atoms with E-state index in [9.17, 15) is 9.59 Å². The topological polar surface area (TPSA) is 43.4 Å². The molecule has 1 saturated carbocycles. The minimum Gasteiger partial charge on any atom is -0.466 e. The molecule has 0 amide bonds. The van der Waals surface area contributed by atoms with Crippen molar-refractivity contribution in [3.05, 3.63) is 34.3 Å². The lowest BCUT2D eigenvalue weighted by molar-refractivity contribution is -0.143. The molecule has 0 saturated heterocycles. The van der Waals surface area contributed by atoms with Gasteiger partial charge >= 0.3 is 5.97 Å². The molecule has 24 heavy (non-hydrogen) atoms. The summed E-state index contributed by atoms with van der Waals surface area (Å²) >= 11 is 6.41. The van der Waals surface area contributed by atoms with Crippen molar-refractivity contribution in [2.24, 2.45) is 0 Å². The van der Waals surface area contributed by atoms with E-state index in [0.717, 1.165) is 18.4 Å². The number of benzene rings is 1. The molecule has 1 aromatic carbocycles. The number of ether oxygens (including phenoxy) is 1. The van der Waals surface area contributed by atoms with Gasteiger partial charge in [0.05, 0.1) is 13.0 Å². The molecule has 1 fully saturated rings. The molecule has 1 aliphatic carbocycles. The first kappa shape index (κ1) is 19.0. The van der Waals surface area contributed by atoms with Crippen molar-refractivity contribution in [3.63, 3.8) is 0 Å². The molecule has 1 aromatic rings. The van der Waals surface area contributed by atoms with Gasteiger partial charge in [0.25, 0.3) is 0 Å². The van der Waals surface area contributed by atoms with Gasteiger partial charge in [-0.3, -0.25) is 9.59 Å². The zero-order valence-corrected chi connectivity index (χ0v) is 15.2. The van der Waals surface area contributed by atoms with Crippen LogP contribution in [0.3, 0.4) is 0 Å². The van der Waals surface area contributed by atoms with Crippen LogP contribution in [0.15, 0.2) is 18.2 Å². The molecule has 0 aliphatic heterocycles. The predicted molar refractivity (Wildman–Crippen MR) is 96.7 cm³/mol. The van der Waals surface area contributed by atoms with Gasteiger partial charge in [-0.05, 0) is 36.8 Å². The van der Waals surface area contributed by atoms with Gasteiger partial charge in [-0.2, -0.15) is 0 Å². The van der Waals surface area contributed by atoms with E-state index in [1.807, 2.05) is 19.1 Å². The number of hydrogen-bond acceptors (Lipinski definition) is 3. The Morgan fingerprint density at radius 2 is 1.92 bits per heavy atom. The van der Waals surface area contributed by atoms with Crippen molar-refractivity contribution >= 4 is 23.4 Å². The van der Waals surface area contributed by atoms with Crippen LogP contribution in [0, 0.1) is 0 Å². The highest BCUT2D eigenvalue weighted by atomic mass is 35.5. The fourth-order valence-electron chi connectivity index (χ4n) is 3.21. The van der Waals surface area contributed by atoms with Gasteiger partial charge in [0.1, 0.15) is 0 Å². The summed E-state index contributed by atoms with van der Waals surface area (Å²) in [5.74, 6) is 0.158. The van der Waals surface area contributed by atoms with Gasteiger partial charge in [0, 0.05) is 17.0 Å². The summed E-state index contributed by atoms with van der Waals surface area (Å²) in [4.78, 5) is 23.8. The van der Waals surface area contributed by atoms with Gasteiger partial charge in [-0.1, -0.05) is 56.3 Å². The maximum Gasteiger partial charge on any atom is 0.306 e. The summed E-state index contributed by atoms with van der Waals surface area (Å²) in [6, 6.07) is 5.60. The molecule has 3 nitrogen and oxygen atoms in total. The SMILES string of the molecule is CCCCOC(=O)CCC(=O)c1ccc(C2CCCCC2)c(Cl)c1. The first-order valence-corrected chi connectivity index (χ1v) is 9.48. The first-order valence-electron chi connectivity index (χ1n) is 9.10. The van der Waals surface area contributed by atoms with Crippen LogP contribution in [0.4, 0.5) is 0 Å². The average Bonchev–Trinajstić information content (AvgIpc) is 2.60. The van der Waals surface area contributed by atoms with Crippen LogP contribution in [-0.2, 0) is 9.53 Å². The van der Waals surface area contributed by atoms with E-state index >= 15 is 0 Å². The summed E-state index contributed by atoms with van der Waals surface area (Å²) in [7, 11) is 0. The third-order valence-electron chi connectivity index (χ3n) is 4.68. The Bertz CT molecular complexity index is 562. The highest BCUT2D eigenvalue weighted by molar-refractivity contribution is 6.31. The number of hydrogen-bond donors (Lipinski definition) is 0. The van der Waals surface area contributed by atoms with Crippen molar-refractivity contribution < 1.29 is 14.3 Å². The number of rotatable bonds is 8. The molecule has 0 bridgehead atoms. The minimum absolute atomic E-state index is 0.0560. The molecule has 0 atom stereocenters. The van der Waals surface area contributed by atoms with Crippen molar-refractivity contribution in [1.29, 1.82) is 0 Å². The van der Waals surface area contributed by atoms with E-state index in [2.05, 4.69) is 0 Å². The Hall–Kier alpha value is -1.35. The van der Waals surface area contributed by atoms with Gasteiger partial charge in [0.2, 0.25) is 0 Å². The molecule has 0 N–H and O–H groups in total. The predicted octanol–water partition coefficient (Wildman–Crippen LogP) is 5.69. The highest BCUT2D eigenvalue weighted by Gasteiger charge is 2.19. The lowest BCUT2D eigenvalue weighted by Gasteiger charge is -2.23. The smallest absolute Gasteiger partial charge is 0.306 e. The van der Waals surface area contributed by atoms with E-state index in [4.69, 9.17) is 16.3 Å². The number of unbranched alkanes of at least 4 members (excludes halogenated alkanes) is 1. The van der Waals surface area contributed by atoms with E-state index < -0.39 is 0 Å². The first-order chi connectivity index (χ1) is 11.6. The Kier molecular flexibility index (Phi) is 7.77. The lowest BCUT2D eigenvalue weighted by atomic mass is 9.83. The molecular weight excluding hydrogens is 324 g/mol. The molecule has 0 heterocycles. The number of carbonyl (C=O) groups is 2. The Labute approximate surface area is 149 Å².